The minimum atomic E-state index is -4.50. The highest BCUT2D eigenvalue weighted by atomic mass is 19.4. The van der Waals surface area contributed by atoms with Crippen LogP contribution in [0.1, 0.15) is 23.3 Å². The van der Waals surface area contributed by atoms with E-state index in [2.05, 4.69) is 20.6 Å². The summed E-state index contributed by atoms with van der Waals surface area (Å²) in [5.41, 5.74) is -0.486. The zero-order valence-electron chi connectivity index (χ0n) is 14.6. The van der Waals surface area contributed by atoms with Gasteiger partial charge in [-0.3, -0.25) is 9.48 Å². The van der Waals surface area contributed by atoms with Crippen molar-refractivity contribution >= 4 is 5.91 Å². The third-order valence-electron chi connectivity index (χ3n) is 3.76. The number of nitrogens with one attached hydrogen (secondary N) is 1. The maximum Gasteiger partial charge on any atom is 0.435 e. The number of alkyl halides is 3. The fraction of sp³-hybridized carbons (Fsp3) is 0.294. The molecule has 148 valence electrons. The van der Waals surface area contributed by atoms with E-state index in [0.29, 0.717) is 5.56 Å². The zero-order valence-corrected chi connectivity index (χ0v) is 14.6. The summed E-state index contributed by atoms with van der Waals surface area (Å²) in [6.07, 6.45) is -3.27. The van der Waals surface area contributed by atoms with E-state index in [0.717, 1.165) is 6.07 Å². The third kappa shape index (κ3) is 4.72. The number of amides is 1. The summed E-state index contributed by atoms with van der Waals surface area (Å²) in [5, 5.41) is 9.70. The Morgan fingerprint density at radius 2 is 1.96 bits per heavy atom. The van der Waals surface area contributed by atoms with Crippen molar-refractivity contribution in [3.63, 3.8) is 0 Å². The molecule has 0 fully saturated rings. The van der Waals surface area contributed by atoms with Crippen LogP contribution in [0.3, 0.4) is 0 Å². The van der Waals surface area contributed by atoms with E-state index in [4.69, 9.17) is 4.52 Å². The average Bonchev–Trinajstić information content (AvgIpc) is 3.29. The van der Waals surface area contributed by atoms with Gasteiger partial charge < -0.3 is 9.84 Å². The lowest BCUT2D eigenvalue weighted by molar-refractivity contribution is -0.141. The van der Waals surface area contributed by atoms with Crippen LogP contribution in [0.15, 0.2) is 41.1 Å². The first kappa shape index (κ1) is 19.5. The summed E-state index contributed by atoms with van der Waals surface area (Å²) in [6.45, 7) is 2.09. The Balaban J connectivity index is 1.54. The molecule has 3 aromatic rings. The molecule has 0 saturated heterocycles. The van der Waals surface area contributed by atoms with Crippen molar-refractivity contribution in [3.05, 3.63) is 53.9 Å². The van der Waals surface area contributed by atoms with Gasteiger partial charge in [0.15, 0.2) is 5.69 Å². The molecule has 0 spiro atoms. The standard InChI is InChI=1S/C17H15F4N5O2/c1-10(9-26-7-6-13(24-26)17(19,20)21)8-22-15(27)16-23-14(25-28-16)11-2-4-12(18)5-3-11/h2-7,10H,8-9H2,1H3,(H,22,27). The van der Waals surface area contributed by atoms with Gasteiger partial charge in [-0.05, 0) is 36.2 Å². The second kappa shape index (κ2) is 7.79. The van der Waals surface area contributed by atoms with Crippen molar-refractivity contribution in [1.29, 1.82) is 0 Å². The van der Waals surface area contributed by atoms with Crippen LogP contribution in [0.5, 0.6) is 0 Å². The van der Waals surface area contributed by atoms with Crippen LogP contribution in [0.2, 0.25) is 0 Å². The zero-order chi connectivity index (χ0) is 20.3. The number of benzene rings is 1. The largest absolute Gasteiger partial charge is 0.435 e. The lowest BCUT2D eigenvalue weighted by atomic mass is 10.2. The quantitative estimate of drug-likeness (QED) is 0.646. The summed E-state index contributed by atoms with van der Waals surface area (Å²) < 4.78 is 56.6. The SMILES string of the molecule is CC(CNC(=O)c1nc(-c2ccc(F)cc2)no1)Cn1ccc(C(F)(F)F)n1. The molecule has 11 heteroatoms. The van der Waals surface area contributed by atoms with Crippen molar-refractivity contribution < 1.29 is 26.9 Å². The molecule has 1 atom stereocenters. The number of aromatic nitrogens is 4. The van der Waals surface area contributed by atoms with Crippen LogP contribution in [0.4, 0.5) is 17.6 Å². The lowest BCUT2D eigenvalue weighted by Gasteiger charge is -2.11. The summed E-state index contributed by atoms with van der Waals surface area (Å²) in [7, 11) is 0. The van der Waals surface area contributed by atoms with E-state index in [1.54, 1.807) is 6.92 Å². The van der Waals surface area contributed by atoms with Crippen molar-refractivity contribution in [1.82, 2.24) is 25.2 Å². The molecule has 1 unspecified atom stereocenters. The minimum Gasteiger partial charge on any atom is -0.347 e. The summed E-state index contributed by atoms with van der Waals surface area (Å²) in [4.78, 5) is 16.0. The fourth-order valence-corrected chi connectivity index (χ4v) is 2.37. The molecular weight excluding hydrogens is 382 g/mol. The Kier molecular flexibility index (Phi) is 5.43. The lowest BCUT2D eigenvalue weighted by Crippen LogP contribution is -2.30. The van der Waals surface area contributed by atoms with Gasteiger partial charge in [-0.15, -0.1) is 0 Å². The molecule has 0 aliphatic carbocycles. The third-order valence-corrected chi connectivity index (χ3v) is 3.76. The van der Waals surface area contributed by atoms with Gasteiger partial charge in [-0.25, -0.2) is 4.39 Å². The molecule has 2 heterocycles. The first-order valence-electron chi connectivity index (χ1n) is 8.21. The Bertz CT molecular complexity index is 949. The van der Waals surface area contributed by atoms with Crippen molar-refractivity contribution in [2.45, 2.75) is 19.6 Å². The van der Waals surface area contributed by atoms with Gasteiger partial charge in [0.05, 0.1) is 0 Å². The number of hydrogen-bond donors (Lipinski definition) is 1. The molecular formula is C17H15F4N5O2. The second-order valence-corrected chi connectivity index (χ2v) is 6.17. The highest BCUT2D eigenvalue weighted by Gasteiger charge is 2.33. The summed E-state index contributed by atoms with van der Waals surface area (Å²) in [6, 6.07) is 6.24. The first-order valence-corrected chi connectivity index (χ1v) is 8.21. The van der Waals surface area contributed by atoms with Crippen LogP contribution >= 0.6 is 0 Å². The van der Waals surface area contributed by atoms with Gasteiger partial charge in [0.2, 0.25) is 5.82 Å². The van der Waals surface area contributed by atoms with Crippen LogP contribution in [-0.2, 0) is 12.7 Å². The first-order chi connectivity index (χ1) is 13.2. The van der Waals surface area contributed by atoms with Gasteiger partial charge >= 0.3 is 18.0 Å². The Hall–Kier alpha value is -3.24. The molecule has 7 nitrogen and oxygen atoms in total. The van der Waals surface area contributed by atoms with Crippen molar-refractivity contribution in [2.75, 3.05) is 6.54 Å². The maximum absolute atomic E-state index is 12.9. The summed E-state index contributed by atoms with van der Waals surface area (Å²) >= 11 is 0. The van der Waals surface area contributed by atoms with Crippen LogP contribution in [0.25, 0.3) is 11.4 Å². The number of hydrogen-bond acceptors (Lipinski definition) is 5. The second-order valence-electron chi connectivity index (χ2n) is 6.17. The molecule has 0 aliphatic rings. The Morgan fingerprint density at radius 3 is 2.61 bits per heavy atom. The van der Waals surface area contributed by atoms with Gasteiger partial charge in [0.1, 0.15) is 5.82 Å². The van der Waals surface area contributed by atoms with E-state index >= 15 is 0 Å². The van der Waals surface area contributed by atoms with E-state index < -0.39 is 23.6 Å². The van der Waals surface area contributed by atoms with E-state index in [1.807, 2.05) is 0 Å². The number of rotatable bonds is 6. The van der Waals surface area contributed by atoms with Crippen LogP contribution < -0.4 is 5.32 Å². The Labute approximate surface area is 156 Å². The predicted octanol–water partition coefficient (Wildman–Crippen LogP) is 3.16. The van der Waals surface area contributed by atoms with Gasteiger partial charge in [0.25, 0.3) is 0 Å². The molecule has 1 amide bonds. The number of halogens is 4. The van der Waals surface area contributed by atoms with E-state index in [-0.39, 0.29) is 30.7 Å². The molecule has 0 bridgehead atoms. The average molecular weight is 397 g/mol. The van der Waals surface area contributed by atoms with Crippen molar-refractivity contribution in [3.8, 4) is 11.4 Å². The minimum absolute atomic E-state index is 0.134. The maximum atomic E-state index is 12.9. The fourth-order valence-electron chi connectivity index (χ4n) is 2.37. The Morgan fingerprint density at radius 1 is 1.25 bits per heavy atom. The van der Waals surface area contributed by atoms with Gasteiger partial charge in [-0.2, -0.15) is 23.3 Å². The molecule has 0 aliphatic heterocycles. The molecule has 1 aromatic carbocycles. The van der Waals surface area contributed by atoms with Gasteiger partial charge in [-0.1, -0.05) is 12.1 Å². The highest BCUT2D eigenvalue weighted by Crippen LogP contribution is 2.27. The molecule has 1 N–H and O–H groups in total. The molecule has 28 heavy (non-hydrogen) atoms. The molecule has 0 saturated carbocycles. The van der Waals surface area contributed by atoms with Gasteiger partial charge in [0, 0.05) is 24.8 Å². The monoisotopic (exact) mass is 397 g/mol. The van der Waals surface area contributed by atoms with Crippen LogP contribution in [0, 0.1) is 11.7 Å². The topological polar surface area (TPSA) is 85.8 Å². The number of nitrogens with zero attached hydrogens (tertiary/aromatic N) is 4. The normalized spacial score (nSPS) is 12.8. The molecule has 3 rings (SSSR count). The molecule has 2 aromatic heterocycles. The molecule has 0 radical (unpaired) electrons. The predicted molar refractivity (Wildman–Crippen MR) is 88.4 cm³/mol. The smallest absolute Gasteiger partial charge is 0.347 e. The highest BCUT2D eigenvalue weighted by molar-refractivity contribution is 5.89. The summed E-state index contributed by atoms with van der Waals surface area (Å²) in [5.74, 6) is -1.38. The van der Waals surface area contributed by atoms with Crippen LogP contribution in [-0.4, -0.2) is 32.4 Å². The van der Waals surface area contributed by atoms with E-state index in [9.17, 15) is 22.4 Å². The number of carbonyl (C=O) groups excluding carboxylic acids is 1. The number of carbonyl (C=O) groups is 1. The van der Waals surface area contributed by atoms with E-state index in [1.165, 1.54) is 35.1 Å². The van der Waals surface area contributed by atoms with Crippen molar-refractivity contribution in [2.24, 2.45) is 5.92 Å².